The van der Waals surface area contributed by atoms with Crippen molar-refractivity contribution in [3.63, 3.8) is 0 Å². The molecule has 0 atom stereocenters. The van der Waals surface area contributed by atoms with E-state index in [4.69, 9.17) is 0 Å². The van der Waals surface area contributed by atoms with E-state index in [1.54, 1.807) is 11.9 Å². The molecule has 0 aromatic rings. The molecule has 1 aliphatic rings. The molecule has 0 aliphatic carbocycles. The molecule has 0 saturated carbocycles. The smallest absolute Gasteiger partial charge is 0.317 e. The number of hydrogen-bond donors (Lipinski definition) is 1. The van der Waals surface area contributed by atoms with Gasteiger partial charge in [0.05, 0.1) is 0 Å². The van der Waals surface area contributed by atoms with Crippen LogP contribution in [0.15, 0.2) is 0 Å². The highest BCUT2D eigenvalue weighted by Crippen LogP contribution is 2.11. The number of carbonyl (C=O) groups is 2. The Morgan fingerprint density at radius 2 is 2.30 bits per heavy atom. The monoisotopic (exact) mass is 142 g/mol. The summed E-state index contributed by atoms with van der Waals surface area (Å²) in [7, 11) is 1.58. The zero-order chi connectivity index (χ0) is 7.56. The van der Waals surface area contributed by atoms with E-state index in [-0.39, 0.29) is 11.9 Å². The van der Waals surface area contributed by atoms with Crippen molar-refractivity contribution in [2.75, 3.05) is 20.1 Å². The van der Waals surface area contributed by atoms with Crippen molar-refractivity contribution < 1.29 is 9.59 Å². The van der Waals surface area contributed by atoms with Gasteiger partial charge in [0.1, 0.15) is 6.29 Å². The molecular formula is C6H10N2O2. The molecule has 1 saturated heterocycles. The molecular weight excluding hydrogens is 132 g/mol. The summed E-state index contributed by atoms with van der Waals surface area (Å²) in [5.74, 6) is 0.0669. The van der Waals surface area contributed by atoms with E-state index in [0.29, 0.717) is 13.1 Å². The van der Waals surface area contributed by atoms with Gasteiger partial charge in [0.25, 0.3) is 0 Å². The summed E-state index contributed by atoms with van der Waals surface area (Å²) in [5.41, 5.74) is 0. The molecule has 0 spiro atoms. The maximum atomic E-state index is 10.8. The van der Waals surface area contributed by atoms with Gasteiger partial charge in [-0.3, -0.25) is 0 Å². The lowest BCUT2D eigenvalue weighted by atomic mass is 10.0. The topological polar surface area (TPSA) is 49.4 Å². The number of nitrogens with one attached hydrogen (secondary N) is 1. The fourth-order valence-electron chi connectivity index (χ4n) is 0.923. The summed E-state index contributed by atoms with van der Waals surface area (Å²) in [4.78, 5) is 22.4. The van der Waals surface area contributed by atoms with E-state index in [9.17, 15) is 9.59 Å². The fourth-order valence-corrected chi connectivity index (χ4v) is 0.923. The van der Waals surface area contributed by atoms with Crippen LogP contribution in [0, 0.1) is 5.92 Å². The van der Waals surface area contributed by atoms with Crippen molar-refractivity contribution >= 4 is 12.3 Å². The minimum Gasteiger partial charge on any atom is -0.341 e. The van der Waals surface area contributed by atoms with Crippen LogP contribution in [0.4, 0.5) is 4.79 Å². The summed E-state index contributed by atoms with van der Waals surface area (Å²) in [6, 6.07) is -0.0990. The maximum absolute atomic E-state index is 10.8. The number of hydrogen-bond acceptors (Lipinski definition) is 2. The van der Waals surface area contributed by atoms with Gasteiger partial charge in [-0.05, 0) is 0 Å². The lowest BCUT2D eigenvalue weighted by Gasteiger charge is -2.35. The van der Waals surface area contributed by atoms with Gasteiger partial charge in [-0.15, -0.1) is 0 Å². The zero-order valence-corrected chi connectivity index (χ0v) is 5.83. The van der Waals surface area contributed by atoms with E-state index < -0.39 is 0 Å². The van der Waals surface area contributed by atoms with Gasteiger partial charge in [0, 0.05) is 26.1 Å². The second-order valence-electron chi connectivity index (χ2n) is 2.36. The largest absolute Gasteiger partial charge is 0.341 e. The molecule has 1 aliphatic heterocycles. The molecule has 4 nitrogen and oxygen atoms in total. The van der Waals surface area contributed by atoms with Gasteiger partial charge in [-0.2, -0.15) is 0 Å². The molecule has 56 valence electrons. The Morgan fingerprint density at radius 3 is 2.70 bits per heavy atom. The van der Waals surface area contributed by atoms with Crippen molar-refractivity contribution in [1.29, 1.82) is 0 Å². The highest BCUT2D eigenvalue weighted by atomic mass is 16.2. The number of rotatable bonds is 1. The number of likely N-dealkylation sites (tertiary alicyclic amines) is 1. The van der Waals surface area contributed by atoms with Gasteiger partial charge in [0.2, 0.25) is 0 Å². The molecule has 4 heteroatoms. The summed E-state index contributed by atoms with van der Waals surface area (Å²) in [6.45, 7) is 1.15. The van der Waals surface area contributed by atoms with Gasteiger partial charge in [-0.1, -0.05) is 0 Å². The van der Waals surface area contributed by atoms with Crippen LogP contribution in [-0.4, -0.2) is 37.4 Å². The fraction of sp³-hybridized carbons (Fsp3) is 0.667. The maximum Gasteiger partial charge on any atom is 0.317 e. The molecule has 1 heterocycles. The van der Waals surface area contributed by atoms with E-state index in [1.165, 1.54) is 0 Å². The third-order valence-corrected chi connectivity index (χ3v) is 1.60. The number of urea groups is 1. The summed E-state index contributed by atoms with van der Waals surface area (Å²) in [5, 5.41) is 2.48. The Morgan fingerprint density at radius 1 is 1.70 bits per heavy atom. The molecule has 0 aromatic heterocycles. The Bertz CT molecular complexity index is 152. The van der Waals surface area contributed by atoms with E-state index >= 15 is 0 Å². The van der Waals surface area contributed by atoms with Crippen LogP contribution in [0.25, 0.3) is 0 Å². The van der Waals surface area contributed by atoms with E-state index in [0.717, 1.165) is 6.29 Å². The second kappa shape index (κ2) is 2.68. The lowest BCUT2D eigenvalue weighted by Crippen LogP contribution is -2.53. The Balaban J connectivity index is 2.25. The van der Waals surface area contributed by atoms with Gasteiger partial charge in [0.15, 0.2) is 0 Å². The van der Waals surface area contributed by atoms with Crippen LogP contribution in [0.3, 0.4) is 0 Å². The molecule has 0 aromatic carbocycles. The van der Waals surface area contributed by atoms with Gasteiger partial charge >= 0.3 is 6.03 Å². The highest BCUT2D eigenvalue weighted by Gasteiger charge is 2.29. The zero-order valence-electron chi connectivity index (χ0n) is 5.83. The highest BCUT2D eigenvalue weighted by molar-refractivity contribution is 5.76. The summed E-state index contributed by atoms with van der Waals surface area (Å²) >= 11 is 0. The first kappa shape index (κ1) is 7.05. The van der Waals surface area contributed by atoms with Crippen LogP contribution >= 0.6 is 0 Å². The predicted octanol–water partition coefficient (Wildman–Crippen LogP) is -0.544. The van der Waals surface area contributed by atoms with E-state index in [2.05, 4.69) is 5.32 Å². The molecule has 0 radical (unpaired) electrons. The summed E-state index contributed by atoms with van der Waals surface area (Å²) in [6.07, 6.45) is 0.888. The third kappa shape index (κ3) is 1.10. The normalized spacial score (nSPS) is 17.9. The second-order valence-corrected chi connectivity index (χ2v) is 2.36. The van der Waals surface area contributed by atoms with Crippen molar-refractivity contribution in [1.82, 2.24) is 10.2 Å². The molecule has 1 rings (SSSR count). The van der Waals surface area contributed by atoms with Crippen LogP contribution in [-0.2, 0) is 4.79 Å². The Kier molecular flexibility index (Phi) is 1.89. The average molecular weight is 142 g/mol. The first-order valence-corrected chi connectivity index (χ1v) is 3.20. The van der Waals surface area contributed by atoms with Gasteiger partial charge < -0.3 is 15.0 Å². The lowest BCUT2D eigenvalue weighted by molar-refractivity contribution is -0.114. The molecule has 0 bridgehead atoms. The number of aldehydes is 1. The first-order chi connectivity index (χ1) is 4.77. The number of carbonyl (C=O) groups excluding carboxylic acids is 2. The molecule has 1 fully saturated rings. The number of nitrogens with zero attached hydrogens (tertiary/aromatic N) is 1. The number of amides is 2. The average Bonchev–Trinajstić information content (AvgIpc) is 1.85. The van der Waals surface area contributed by atoms with Crippen LogP contribution in [0.2, 0.25) is 0 Å². The van der Waals surface area contributed by atoms with E-state index in [1.807, 2.05) is 0 Å². The molecule has 0 unspecified atom stereocenters. The van der Waals surface area contributed by atoms with Crippen molar-refractivity contribution in [3.05, 3.63) is 0 Å². The minimum absolute atomic E-state index is 0.0669. The quantitative estimate of drug-likeness (QED) is 0.500. The first-order valence-electron chi connectivity index (χ1n) is 3.20. The standard InChI is InChI=1S/C6H10N2O2/c1-7-6(10)8-2-5(3-8)4-9/h4-5H,2-3H2,1H3,(H,7,10). The molecule has 2 amide bonds. The van der Waals surface area contributed by atoms with Crippen LogP contribution in [0.1, 0.15) is 0 Å². The molecule has 1 N–H and O–H groups in total. The SMILES string of the molecule is CNC(=O)N1CC(C=O)C1. The summed E-state index contributed by atoms with van der Waals surface area (Å²) < 4.78 is 0. The van der Waals surface area contributed by atoms with Crippen molar-refractivity contribution in [2.45, 2.75) is 0 Å². The minimum atomic E-state index is -0.0990. The predicted molar refractivity (Wildman–Crippen MR) is 35.6 cm³/mol. The molecule has 10 heavy (non-hydrogen) atoms. The van der Waals surface area contributed by atoms with Crippen molar-refractivity contribution in [2.24, 2.45) is 5.92 Å². The third-order valence-electron chi connectivity index (χ3n) is 1.60. The Labute approximate surface area is 59.2 Å². The Hall–Kier alpha value is -1.06. The van der Waals surface area contributed by atoms with Gasteiger partial charge in [-0.25, -0.2) is 4.79 Å². The van der Waals surface area contributed by atoms with Crippen LogP contribution < -0.4 is 5.32 Å². The van der Waals surface area contributed by atoms with Crippen LogP contribution in [0.5, 0.6) is 0 Å². The van der Waals surface area contributed by atoms with Crippen molar-refractivity contribution in [3.8, 4) is 0 Å².